The molecule has 1 fully saturated rings. The number of para-hydroxylation sites is 1. The molecule has 31 heavy (non-hydrogen) atoms. The number of nitrogens with zero attached hydrogens (tertiary/aromatic N) is 2. The van der Waals surface area contributed by atoms with Crippen molar-refractivity contribution in [2.75, 3.05) is 50.8 Å². The van der Waals surface area contributed by atoms with E-state index in [2.05, 4.69) is 15.1 Å². The minimum absolute atomic E-state index is 0.0590. The highest BCUT2D eigenvalue weighted by molar-refractivity contribution is 5.77. The minimum Gasteiger partial charge on any atom is -0.484 e. The van der Waals surface area contributed by atoms with Crippen molar-refractivity contribution in [2.45, 2.75) is 12.8 Å². The Morgan fingerprint density at radius 2 is 1.74 bits per heavy atom. The van der Waals surface area contributed by atoms with Crippen molar-refractivity contribution < 1.29 is 18.7 Å². The molecule has 0 unspecified atom stereocenters. The van der Waals surface area contributed by atoms with Crippen LogP contribution in [-0.2, 0) is 16.0 Å². The van der Waals surface area contributed by atoms with Gasteiger partial charge in [-0.15, -0.1) is 0 Å². The molecule has 2 amide bonds. The number of hydrogen-bond acceptors (Lipinski definition) is 5. The Bertz CT molecular complexity index is 867. The van der Waals surface area contributed by atoms with Gasteiger partial charge in [-0.3, -0.25) is 14.5 Å². The van der Waals surface area contributed by atoms with Crippen LogP contribution in [0.4, 0.5) is 10.1 Å². The Balaban J connectivity index is 1.27. The summed E-state index contributed by atoms with van der Waals surface area (Å²) in [5.41, 5.74) is 6.63. The fourth-order valence-electron chi connectivity index (χ4n) is 3.56. The van der Waals surface area contributed by atoms with Crippen LogP contribution in [0, 0.1) is 5.82 Å². The zero-order chi connectivity index (χ0) is 22.1. The molecule has 1 heterocycles. The van der Waals surface area contributed by atoms with Gasteiger partial charge in [-0.1, -0.05) is 24.3 Å². The molecule has 0 saturated carbocycles. The predicted octanol–water partition coefficient (Wildman–Crippen LogP) is 1.56. The normalized spacial score (nSPS) is 14.3. The molecule has 3 rings (SSSR count). The zero-order valence-corrected chi connectivity index (χ0v) is 17.6. The summed E-state index contributed by atoms with van der Waals surface area (Å²) in [6, 6.07) is 13.8. The summed E-state index contributed by atoms with van der Waals surface area (Å²) in [5, 5.41) is 2.86. The molecule has 1 saturated heterocycles. The van der Waals surface area contributed by atoms with Gasteiger partial charge in [0.25, 0.3) is 5.91 Å². The highest BCUT2D eigenvalue weighted by Crippen LogP contribution is 2.20. The van der Waals surface area contributed by atoms with Crippen molar-refractivity contribution in [3.8, 4) is 5.75 Å². The number of amides is 2. The van der Waals surface area contributed by atoms with Crippen LogP contribution in [0.3, 0.4) is 0 Å². The van der Waals surface area contributed by atoms with Gasteiger partial charge < -0.3 is 20.7 Å². The van der Waals surface area contributed by atoms with Gasteiger partial charge in [-0.25, -0.2) is 4.39 Å². The number of carbonyl (C=O) groups excluding carboxylic acids is 2. The maximum atomic E-state index is 13.9. The summed E-state index contributed by atoms with van der Waals surface area (Å²) < 4.78 is 19.4. The standard InChI is InChI=1S/C23H29FN4O3/c24-20-4-1-2-5-21(20)28-14-12-27(13-15-28)11-3-10-26-23(30)17-31-19-8-6-18(7-9-19)16-22(25)29/h1-2,4-9H,3,10-17H2,(H2,25,29)(H,26,30). The fraction of sp³-hybridized carbons (Fsp3) is 0.391. The fourth-order valence-corrected chi connectivity index (χ4v) is 3.56. The van der Waals surface area contributed by atoms with E-state index in [1.165, 1.54) is 6.07 Å². The van der Waals surface area contributed by atoms with Crippen molar-refractivity contribution in [3.05, 3.63) is 59.9 Å². The molecule has 0 spiro atoms. The minimum atomic E-state index is -0.389. The SMILES string of the molecule is NC(=O)Cc1ccc(OCC(=O)NCCCN2CCN(c3ccccc3F)CC2)cc1. The summed E-state index contributed by atoms with van der Waals surface area (Å²) in [7, 11) is 0. The van der Waals surface area contributed by atoms with Crippen molar-refractivity contribution in [2.24, 2.45) is 5.73 Å². The number of hydrogen-bond donors (Lipinski definition) is 2. The van der Waals surface area contributed by atoms with Gasteiger partial charge in [0.05, 0.1) is 12.1 Å². The monoisotopic (exact) mass is 428 g/mol. The van der Waals surface area contributed by atoms with Crippen LogP contribution in [0.15, 0.2) is 48.5 Å². The van der Waals surface area contributed by atoms with E-state index in [1.54, 1.807) is 30.3 Å². The summed E-state index contributed by atoms with van der Waals surface area (Å²) in [6.45, 7) is 4.73. The summed E-state index contributed by atoms with van der Waals surface area (Å²) in [6.07, 6.45) is 1.02. The van der Waals surface area contributed by atoms with Crippen LogP contribution in [0.25, 0.3) is 0 Å². The third-order valence-electron chi connectivity index (χ3n) is 5.21. The number of nitrogens with one attached hydrogen (secondary N) is 1. The molecule has 8 heteroatoms. The molecular weight excluding hydrogens is 399 g/mol. The number of rotatable bonds is 10. The molecule has 0 radical (unpaired) electrons. The third-order valence-corrected chi connectivity index (χ3v) is 5.21. The molecule has 0 bridgehead atoms. The Hall–Kier alpha value is -3.13. The first-order chi connectivity index (χ1) is 15.0. The van der Waals surface area contributed by atoms with E-state index in [-0.39, 0.29) is 30.7 Å². The lowest BCUT2D eigenvalue weighted by Crippen LogP contribution is -2.47. The highest BCUT2D eigenvalue weighted by atomic mass is 19.1. The maximum Gasteiger partial charge on any atom is 0.257 e. The van der Waals surface area contributed by atoms with Gasteiger partial charge in [0.15, 0.2) is 6.61 Å². The number of anilines is 1. The van der Waals surface area contributed by atoms with E-state index in [9.17, 15) is 14.0 Å². The third kappa shape index (κ3) is 7.25. The van der Waals surface area contributed by atoms with E-state index in [4.69, 9.17) is 10.5 Å². The van der Waals surface area contributed by atoms with Gasteiger partial charge in [0, 0.05) is 32.7 Å². The molecule has 2 aromatic rings. The first kappa shape index (κ1) is 22.6. The number of primary amides is 1. The van der Waals surface area contributed by atoms with E-state index < -0.39 is 0 Å². The molecule has 0 aliphatic carbocycles. The maximum absolute atomic E-state index is 13.9. The van der Waals surface area contributed by atoms with Crippen molar-refractivity contribution in [1.29, 1.82) is 0 Å². The van der Waals surface area contributed by atoms with Crippen molar-refractivity contribution in [1.82, 2.24) is 10.2 Å². The van der Waals surface area contributed by atoms with Crippen molar-refractivity contribution >= 4 is 17.5 Å². The Morgan fingerprint density at radius 1 is 1.03 bits per heavy atom. The lowest BCUT2D eigenvalue weighted by atomic mass is 10.1. The number of piperazine rings is 1. The average molecular weight is 429 g/mol. The number of carbonyl (C=O) groups is 2. The van der Waals surface area contributed by atoms with Gasteiger partial charge in [0.1, 0.15) is 11.6 Å². The van der Waals surface area contributed by atoms with Crippen LogP contribution in [0.1, 0.15) is 12.0 Å². The van der Waals surface area contributed by atoms with Gasteiger partial charge in [0.2, 0.25) is 5.91 Å². The predicted molar refractivity (Wildman–Crippen MR) is 118 cm³/mol. The number of ether oxygens (including phenoxy) is 1. The first-order valence-corrected chi connectivity index (χ1v) is 10.5. The van der Waals surface area contributed by atoms with Crippen LogP contribution < -0.4 is 20.7 Å². The average Bonchev–Trinajstić information content (AvgIpc) is 2.77. The highest BCUT2D eigenvalue weighted by Gasteiger charge is 2.18. The van der Waals surface area contributed by atoms with Crippen molar-refractivity contribution in [3.63, 3.8) is 0 Å². The van der Waals surface area contributed by atoms with E-state index in [0.29, 0.717) is 18.0 Å². The molecule has 166 valence electrons. The van der Waals surface area contributed by atoms with Crippen LogP contribution >= 0.6 is 0 Å². The molecule has 7 nitrogen and oxygen atoms in total. The smallest absolute Gasteiger partial charge is 0.257 e. The molecule has 1 aliphatic rings. The number of nitrogens with two attached hydrogens (primary N) is 1. The topological polar surface area (TPSA) is 87.9 Å². The van der Waals surface area contributed by atoms with E-state index >= 15 is 0 Å². The Morgan fingerprint density at radius 3 is 2.42 bits per heavy atom. The Kier molecular flexibility index (Phi) is 8.23. The zero-order valence-electron chi connectivity index (χ0n) is 17.6. The molecule has 0 aromatic heterocycles. The van der Waals surface area contributed by atoms with Gasteiger partial charge >= 0.3 is 0 Å². The molecule has 2 aromatic carbocycles. The Labute approximate surface area is 182 Å². The van der Waals surface area contributed by atoms with E-state index in [0.717, 1.165) is 44.7 Å². The molecule has 0 atom stereocenters. The van der Waals surface area contributed by atoms with Gasteiger partial charge in [-0.2, -0.15) is 0 Å². The van der Waals surface area contributed by atoms with Crippen LogP contribution in [0.5, 0.6) is 5.75 Å². The lowest BCUT2D eigenvalue weighted by Gasteiger charge is -2.36. The summed E-state index contributed by atoms with van der Waals surface area (Å²) in [4.78, 5) is 27.3. The second-order valence-electron chi connectivity index (χ2n) is 7.56. The van der Waals surface area contributed by atoms with E-state index in [1.807, 2.05) is 12.1 Å². The summed E-state index contributed by atoms with van der Waals surface area (Å²) in [5.74, 6) is -0.177. The summed E-state index contributed by atoms with van der Waals surface area (Å²) >= 11 is 0. The number of benzene rings is 2. The second-order valence-corrected chi connectivity index (χ2v) is 7.56. The van der Waals surface area contributed by atoms with Crippen LogP contribution in [-0.4, -0.2) is 62.6 Å². The second kappa shape index (κ2) is 11.3. The molecule has 1 aliphatic heterocycles. The van der Waals surface area contributed by atoms with Gasteiger partial charge in [-0.05, 0) is 42.8 Å². The lowest BCUT2D eigenvalue weighted by molar-refractivity contribution is -0.123. The quantitative estimate of drug-likeness (QED) is 0.561. The van der Waals surface area contributed by atoms with Crippen LogP contribution in [0.2, 0.25) is 0 Å². The first-order valence-electron chi connectivity index (χ1n) is 10.5. The largest absolute Gasteiger partial charge is 0.484 e. The molecular formula is C23H29FN4O3. The number of halogens is 1. The molecule has 3 N–H and O–H groups in total.